The molecule has 1 aliphatic heterocycles. The van der Waals surface area contributed by atoms with Crippen LogP contribution in [0.4, 0.5) is 0 Å². The van der Waals surface area contributed by atoms with E-state index in [-0.39, 0.29) is 21.9 Å². The molecule has 3 atom stereocenters. The Labute approximate surface area is 150 Å². The minimum atomic E-state index is -3.33. The fourth-order valence-corrected chi connectivity index (χ4v) is 7.29. The third kappa shape index (κ3) is 3.83. The zero-order valence-electron chi connectivity index (χ0n) is 12.6. The summed E-state index contributed by atoms with van der Waals surface area (Å²) in [6, 6.07) is 4.42. The normalized spacial score (nSPS) is 27.5. The number of carbonyl (C=O) groups is 1. The molecule has 1 amide bonds. The molecule has 8 heteroatoms. The molecule has 1 aromatic rings. The summed E-state index contributed by atoms with van der Waals surface area (Å²) in [6.07, 6.45) is 3.24. The Bertz CT molecular complexity index is 723. The van der Waals surface area contributed by atoms with Gasteiger partial charge in [0.15, 0.2) is 9.84 Å². The largest absolute Gasteiger partial charge is 0.348 e. The van der Waals surface area contributed by atoms with Crippen LogP contribution in [0.2, 0.25) is 5.02 Å². The lowest BCUT2D eigenvalue weighted by Crippen LogP contribution is -2.42. The zero-order chi connectivity index (χ0) is 16.6. The summed E-state index contributed by atoms with van der Waals surface area (Å²) >= 11 is 10.1. The number of amides is 1. The van der Waals surface area contributed by atoms with E-state index in [1.54, 1.807) is 0 Å². The van der Waals surface area contributed by atoms with Crippen molar-refractivity contribution in [2.24, 2.45) is 0 Å². The van der Waals surface area contributed by atoms with Crippen LogP contribution in [0.3, 0.4) is 0 Å². The van der Waals surface area contributed by atoms with E-state index >= 15 is 0 Å². The Kier molecular flexibility index (Phi) is 5.21. The van der Waals surface area contributed by atoms with Crippen molar-refractivity contribution in [2.45, 2.75) is 34.3 Å². The van der Waals surface area contributed by atoms with E-state index in [0.717, 1.165) is 24.9 Å². The number of hydrogen-bond acceptors (Lipinski definition) is 5. The number of carbonyl (C=O) groups excluding carboxylic acids is 1. The molecule has 3 rings (SSSR count). The molecule has 2 aliphatic rings. The van der Waals surface area contributed by atoms with Crippen LogP contribution in [-0.2, 0) is 9.84 Å². The van der Waals surface area contributed by atoms with Crippen molar-refractivity contribution in [3.63, 3.8) is 0 Å². The number of rotatable bonds is 3. The maximum absolute atomic E-state index is 12.5. The summed E-state index contributed by atoms with van der Waals surface area (Å²) in [4.78, 5) is 12.6. The molecule has 1 heterocycles. The number of benzene rings is 1. The smallest absolute Gasteiger partial charge is 0.253 e. The van der Waals surface area contributed by atoms with E-state index in [1.165, 1.54) is 24.0 Å². The van der Waals surface area contributed by atoms with Gasteiger partial charge < -0.3 is 5.32 Å². The van der Waals surface area contributed by atoms with Crippen LogP contribution < -0.4 is 5.32 Å². The summed E-state index contributed by atoms with van der Waals surface area (Å²) in [7, 11) is -3.33. The number of sulfone groups is 1. The Morgan fingerprint density at radius 2 is 2.00 bits per heavy atom. The highest BCUT2D eigenvalue weighted by atomic mass is 35.5. The van der Waals surface area contributed by atoms with Gasteiger partial charge in [-0.3, -0.25) is 4.79 Å². The van der Waals surface area contributed by atoms with Gasteiger partial charge in [-0.25, -0.2) is 8.42 Å². The average molecular weight is 392 g/mol. The van der Waals surface area contributed by atoms with Crippen LogP contribution in [0, 0.1) is 0 Å². The molecule has 1 saturated carbocycles. The molecule has 2 fully saturated rings. The first-order chi connectivity index (χ1) is 10.9. The van der Waals surface area contributed by atoms with E-state index in [2.05, 4.69) is 5.32 Å². The Morgan fingerprint density at radius 1 is 1.26 bits per heavy atom. The zero-order valence-corrected chi connectivity index (χ0v) is 15.8. The Hall–Kier alpha value is -0.370. The number of hydrogen-bond donors (Lipinski definition) is 1. The molecule has 1 N–H and O–H groups in total. The molecule has 3 unspecified atom stereocenters. The highest BCUT2D eigenvalue weighted by molar-refractivity contribution is 8.07. The van der Waals surface area contributed by atoms with Crippen LogP contribution >= 0.6 is 35.1 Å². The van der Waals surface area contributed by atoms with Crippen molar-refractivity contribution in [2.75, 3.05) is 17.8 Å². The van der Waals surface area contributed by atoms with Gasteiger partial charge in [0.2, 0.25) is 0 Å². The third-order valence-electron chi connectivity index (χ3n) is 4.18. The van der Waals surface area contributed by atoms with Crippen LogP contribution in [0.25, 0.3) is 0 Å². The molecule has 0 spiro atoms. The lowest BCUT2D eigenvalue weighted by atomic mass is 10.1. The van der Waals surface area contributed by atoms with Crippen LogP contribution in [-0.4, -0.2) is 48.6 Å². The first-order valence-corrected chi connectivity index (χ1v) is 11.8. The Balaban J connectivity index is 1.74. The fraction of sp³-hybridized carbons (Fsp3) is 0.533. The SMILES string of the molecule is CS(=O)(=O)c1ccc(C(=O)NC2CCC3SCCSC23)c(Cl)c1. The topological polar surface area (TPSA) is 63.2 Å². The first-order valence-electron chi connectivity index (χ1n) is 7.40. The molecule has 0 radical (unpaired) electrons. The number of fused-ring (bicyclic) bond motifs is 1. The first kappa shape index (κ1) is 17.5. The minimum absolute atomic E-state index is 0.124. The van der Waals surface area contributed by atoms with E-state index < -0.39 is 9.84 Å². The molecular weight excluding hydrogens is 374 g/mol. The average Bonchev–Trinajstić information content (AvgIpc) is 2.89. The van der Waals surface area contributed by atoms with E-state index in [1.807, 2.05) is 23.5 Å². The van der Waals surface area contributed by atoms with Gasteiger partial charge in [0.1, 0.15) is 0 Å². The Morgan fingerprint density at radius 3 is 2.70 bits per heavy atom. The van der Waals surface area contributed by atoms with Crippen LogP contribution in [0.1, 0.15) is 23.2 Å². The van der Waals surface area contributed by atoms with Crippen molar-refractivity contribution >= 4 is 50.9 Å². The highest BCUT2D eigenvalue weighted by Crippen LogP contribution is 2.42. The molecular formula is C15H18ClNO3S3. The van der Waals surface area contributed by atoms with Crippen molar-refractivity contribution in [3.8, 4) is 0 Å². The molecule has 126 valence electrons. The van der Waals surface area contributed by atoms with Gasteiger partial charge in [-0.1, -0.05) is 11.6 Å². The minimum Gasteiger partial charge on any atom is -0.348 e. The molecule has 4 nitrogen and oxygen atoms in total. The van der Waals surface area contributed by atoms with Crippen LogP contribution in [0.5, 0.6) is 0 Å². The van der Waals surface area contributed by atoms with Crippen molar-refractivity contribution in [1.82, 2.24) is 5.32 Å². The summed E-state index contributed by atoms with van der Waals surface area (Å²) in [5.41, 5.74) is 0.330. The van der Waals surface area contributed by atoms with Gasteiger partial charge >= 0.3 is 0 Å². The van der Waals surface area contributed by atoms with Crippen molar-refractivity contribution in [1.29, 1.82) is 0 Å². The maximum atomic E-state index is 12.5. The number of halogens is 1. The molecule has 1 aromatic carbocycles. The van der Waals surface area contributed by atoms with Crippen molar-refractivity contribution < 1.29 is 13.2 Å². The van der Waals surface area contributed by atoms with Gasteiger partial charge in [0.25, 0.3) is 5.91 Å². The van der Waals surface area contributed by atoms with Gasteiger partial charge in [-0.05, 0) is 31.0 Å². The maximum Gasteiger partial charge on any atom is 0.253 e. The molecule has 1 aliphatic carbocycles. The number of nitrogens with one attached hydrogen (secondary N) is 1. The predicted octanol–water partition coefficient (Wildman–Crippen LogP) is 2.85. The monoisotopic (exact) mass is 391 g/mol. The van der Waals surface area contributed by atoms with Crippen LogP contribution in [0.15, 0.2) is 23.1 Å². The standard InChI is InChI=1S/C15H18ClNO3S3/c1-23(19,20)9-2-3-10(11(16)8-9)15(18)17-12-4-5-13-14(12)22-7-6-21-13/h2-3,8,12-14H,4-7H2,1H3,(H,17,18). The summed E-state index contributed by atoms with van der Waals surface area (Å²) < 4.78 is 23.1. The summed E-state index contributed by atoms with van der Waals surface area (Å²) in [6.45, 7) is 0. The van der Waals surface area contributed by atoms with E-state index in [9.17, 15) is 13.2 Å². The van der Waals surface area contributed by atoms with Gasteiger partial charge in [-0.15, -0.1) is 0 Å². The number of thioether (sulfide) groups is 2. The summed E-state index contributed by atoms with van der Waals surface area (Å²) in [5, 5.41) is 4.35. The molecule has 0 aromatic heterocycles. The predicted molar refractivity (Wildman–Crippen MR) is 97.5 cm³/mol. The highest BCUT2D eigenvalue weighted by Gasteiger charge is 2.39. The fourth-order valence-electron chi connectivity index (χ4n) is 3.03. The molecule has 23 heavy (non-hydrogen) atoms. The second-order valence-electron chi connectivity index (χ2n) is 5.82. The van der Waals surface area contributed by atoms with E-state index in [0.29, 0.717) is 16.1 Å². The lowest BCUT2D eigenvalue weighted by molar-refractivity contribution is 0.0939. The van der Waals surface area contributed by atoms with Gasteiger partial charge in [0.05, 0.1) is 15.5 Å². The summed E-state index contributed by atoms with van der Waals surface area (Å²) in [5.74, 6) is 2.09. The third-order valence-corrected chi connectivity index (χ3v) is 8.91. The van der Waals surface area contributed by atoms with Gasteiger partial charge in [0, 0.05) is 34.3 Å². The molecule has 1 saturated heterocycles. The quantitative estimate of drug-likeness (QED) is 0.858. The van der Waals surface area contributed by atoms with Crippen molar-refractivity contribution in [3.05, 3.63) is 28.8 Å². The molecule has 0 bridgehead atoms. The lowest BCUT2D eigenvalue weighted by Gasteiger charge is -2.28. The van der Waals surface area contributed by atoms with E-state index in [4.69, 9.17) is 11.6 Å². The van der Waals surface area contributed by atoms with Gasteiger partial charge in [-0.2, -0.15) is 23.5 Å². The second kappa shape index (κ2) is 6.86. The second-order valence-corrected chi connectivity index (χ2v) is 10.9.